The zero-order valence-corrected chi connectivity index (χ0v) is 26.4. The molecule has 4 aromatic rings. The number of aliphatic carboxylic acids is 1. The van der Waals surface area contributed by atoms with Crippen LogP contribution in [0.4, 0.5) is 33.3 Å². The molecule has 5 aliphatic rings. The number of hydrogen-bond acceptors (Lipinski definition) is 9. The van der Waals surface area contributed by atoms with Gasteiger partial charge in [-0.1, -0.05) is 30.3 Å². The molecule has 2 aromatic carbocycles. The van der Waals surface area contributed by atoms with Crippen molar-refractivity contribution in [3.63, 3.8) is 0 Å². The van der Waals surface area contributed by atoms with Gasteiger partial charge < -0.3 is 30.9 Å². The molecule has 4 N–H and O–H groups in total. The van der Waals surface area contributed by atoms with Crippen LogP contribution in [0.1, 0.15) is 50.1 Å². The maximum Gasteiger partial charge on any atom is 0.306 e. The van der Waals surface area contributed by atoms with Crippen LogP contribution in [0.15, 0.2) is 54.6 Å². The molecule has 0 amide bonds. The van der Waals surface area contributed by atoms with E-state index in [1.54, 1.807) is 10.7 Å². The number of piperidine rings is 3. The highest BCUT2D eigenvalue weighted by molar-refractivity contribution is 5.83. The summed E-state index contributed by atoms with van der Waals surface area (Å²) in [4.78, 5) is 27.8. The fourth-order valence-corrected chi connectivity index (χ4v) is 7.98. The second-order valence-electron chi connectivity index (χ2n) is 13.3. The lowest BCUT2D eigenvalue weighted by molar-refractivity contribution is -0.143. The van der Waals surface area contributed by atoms with Gasteiger partial charge in [0.15, 0.2) is 5.82 Å². The van der Waals surface area contributed by atoms with Gasteiger partial charge in [-0.25, -0.2) is 9.37 Å². The van der Waals surface area contributed by atoms with Crippen molar-refractivity contribution in [1.29, 1.82) is 0 Å². The number of anilines is 5. The topological polar surface area (TPSA) is 129 Å². The third-order valence-corrected chi connectivity index (χ3v) is 10.5. The summed E-state index contributed by atoms with van der Waals surface area (Å²) in [5, 5.41) is 17.1. The lowest BCUT2D eigenvalue weighted by Gasteiger charge is -2.42. The Labute approximate surface area is 273 Å². The summed E-state index contributed by atoms with van der Waals surface area (Å²) >= 11 is 0. The van der Waals surface area contributed by atoms with Gasteiger partial charge in [-0.3, -0.25) is 4.79 Å². The van der Waals surface area contributed by atoms with Crippen LogP contribution in [0, 0.1) is 11.7 Å². The number of nitrogen functional groups attached to an aromatic ring is 1. The molecule has 0 aliphatic carbocycles. The van der Waals surface area contributed by atoms with Crippen LogP contribution in [0.5, 0.6) is 0 Å². The summed E-state index contributed by atoms with van der Waals surface area (Å²) in [6.45, 7) is 5.24. The lowest BCUT2D eigenvalue weighted by atomic mass is 9.84. The summed E-state index contributed by atoms with van der Waals surface area (Å²) in [7, 11) is 0. The van der Waals surface area contributed by atoms with Crippen molar-refractivity contribution in [1.82, 2.24) is 24.6 Å². The summed E-state index contributed by atoms with van der Waals surface area (Å²) < 4.78 is 17.0. The molecular weight excluding hydrogens is 597 g/mol. The Morgan fingerprint density at radius 2 is 1.60 bits per heavy atom. The minimum atomic E-state index is -0.686. The third-order valence-electron chi connectivity index (χ3n) is 10.5. The van der Waals surface area contributed by atoms with Crippen LogP contribution >= 0.6 is 0 Å². The number of nitrogens with one attached hydrogen (secondary N) is 1. The lowest BCUT2D eigenvalue weighted by Crippen LogP contribution is -2.48. The average Bonchev–Trinajstić information content (AvgIpc) is 3.48. The monoisotopic (exact) mass is 637 g/mol. The molecular formula is C35H40FN9O2. The molecule has 0 unspecified atom stereocenters. The third kappa shape index (κ3) is 5.64. The predicted molar refractivity (Wildman–Crippen MR) is 180 cm³/mol. The number of carboxylic acid groups (broad SMARTS) is 1. The molecule has 2 bridgehead atoms. The SMILES string of the molecule is Nc1nc(Nc2ccc(N3CCC(N4CCC(C(=O)O)CC4)CC3)c(F)c2)nn1-c1cc(-c2ccccc2)c2c(n1)C1CCN2CC1. The number of nitrogens with zero attached hydrogens (tertiary/aromatic N) is 7. The minimum Gasteiger partial charge on any atom is -0.481 e. The van der Waals surface area contributed by atoms with Gasteiger partial charge in [0.2, 0.25) is 11.9 Å². The number of nitrogens with two attached hydrogens (primary N) is 1. The first-order valence-corrected chi connectivity index (χ1v) is 16.8. The maximum atomic E-state index is 15.5. The first-order valence-electron chi connectivity index (χ1n) is 16.8. The van der Waals surface area contributed by atoms with Crippen LogP contribution in [-0.4, -0.2) is 81.0 Å². The number of aromatic nitrogens is 4. The van der Waals surface area contributed by atoms with Gasteiger partial charge in [0, 0.05) is 49.4 Å². The van der Waals surface area contributed by atoms with Crippen molar-refractivity contribution in [2.24, 2.45) is 5.92 Å². The molecule has 244 valence electrons. The van der Waals surface area contributed by atoms with Crippen LogP contribution in [0.3, 0.4) is 0 Å². The Balaban J connectivity index is 0.973. The van der Waals surface area contributed by atoms with E-state index in [2.05, 4.69) is 42.2 Å². The number of hydrogen-bond donors (Lipinski definition) is 3. The Morgan fingerprint density at radius 1 is 0.872 bits per heavy atom. The van der Waals surface area contributed by atoms with E-state index >= 15 is 4.39 Å². The van der Waals surface area contributed by atoms with E-state index in [1.165, 1.54) is 11.8 Å². The van der Waals surface area contributed by atoms with Gasteiger partial charge in [-0.15, -0.1) is 5.10 Å². The van der Waals surface area contributed by atoms with Crippen LogP contribution in [0.2, 0.25) is 0 Å². The fraction of sp³-hybridized carbons (Fsp3) is 0.429. The highest BCUT2D eigenvalue weighted by Crippen LogP contribution is 2.47. The molecule has 5 aliphatic heterocycles. The number of fused-ring (bicyclic) bond motifs is 2. The van der Waals surface area contributed by atoms with Crippen molar-refractivity contribution in [3.05, 3.63) is 66.1 Å². The number of pyridine rings is 1. The van der Waals surface area contributed by atoms with Crippen molar-refractivity contribution in [3.8, 4) is 16.9 Å². The fourth-order valence-electron chi connectivity index (χ4n) is 7.98. The van der Waals surface area contributed by atoms with E-state index in [4.69, 9.17) is 10.7 Å². The highest BCUT2D eigenvalue weighted by atomic mass is 19.1. The van der Waals surface area contributed by atoms with Gasteiger partial charge in [0.25, 0.3) is 0 Å². The predicted octanol–water partition coefficient (Wildman–Crippen LogP) is 5.26. The average molecular weight is 638 g/mol. The number of carboxylic acids is 1. The molecule has 2 aromatic heterocycles. The van der Waals surface area contributed by atoms with Crippen molar-refractivity contribution >= 4 is 34.9 Å². The molecule has 0 atom stereocenters. The molecule has 12 heteroatoms. The van der Waals surface area contributed by atoms with E-state index in [9.17, 15) is 9.90 Å². The highest BCUT2D eigenvalue weighted by Gasteiger charge is 2.35. The van der Waals surface area contributed by atoms with Gasteiger partial charge in [-0.2, -0.15) is 9.67 Å². The second kappa shape index (κ2) is 12.1. The molecule has 0 spiro atoms. The van der Waals surface area contributed by atoms with E-state index < -0.39 is 5.97 Å². The number of benzene rings is 2. The second-order valence-corrected chi connectivity index (χ2v) is 13.3. The first kappa shape index (κ1) is 29.7. The summed E-state index contributed by atoms with van der Waals surface area (Å²) in [5.41, 5.74) is 12.0. The Bertz CT molecular complexity index is 1770. The summed E-state index contributed by atoms with van der Waals surface area (Å²) in [5.74, 6) is 0.273. The maximum absolute atomic E-state index is 15.5. The van der Waals surface area contributed by atoms with E-state index in [-0.39, 0.29) is 23.6 Å². The Hall–Kier alpha value is -4.71. The number of halogens is 1. The molecule has 3 saturated heterocycles. The normalized spacial score (nSPS) is 19.3. The first-order chi connectivity index (χ1) is 22.9. The molecule has 47 heavy (non-hydrogen) atoms. The smallest absolute Gasteiger partial charge is 0.306 e. The number of carbonyl (C=O) groups is 1. The number of likely N-dealkylation sites (tertiary alicyclic amines) is 1. The van der Waals surface area contributed by atoms with Crippen LogP contribution < -0.4 is 20.9 Å². The van der Waals surface area contributed by atoms with E-state index in [1.807, 2.05) is 30.3 Å². The molecule has 11 nitrogen and oxygen atoms in total. The van der Waals surface area contributed by atoms with Crippen molar-refractivity contribution in [2.75, 3.05) is 60.1 Å². The van der Waals surface area contributed by atoms with Crippen molar-refractivity contribution in [2.45, 2.75) is 50.5 Å². The number of rotatable bonds is 7. The van der Waals surface area contributed by atoms with Gasteiger partial charge in [-0.05, 0) is 81.4 Å². The van der Waals surface area contributed by atoms with Gasteiger partial charge in [0.1, 0.15) is 5.82 Å². The molecule has 3 fully saturated rings. The van der Waals surface area contributed by atoms with Gasteiger partial charge >= 0.3 is 5.97 Å². The summed E-state index contributed by atoms with van der Waals surface area (Å²) in [6.07, 6.45) is 5.44. The molecule has 0 radical (unpaired) electrons. The zero-order chi connectivity index (χ0) is 32.1. The van der Waals surface area contributed by atoms with Gasteiger partial charge in [0.05, 0.1) is 23.0 Å². The quantitative estimate of drug-likeness (QED) is 0.247. The molecule has 0 saturated carbocycles. The Kier molecular flexibility index (Phi) is 7.67. The van der Waals surface area contributed by atoms with Crippen LogP contribution in [0.25, 0.3) is 16.9 Å². The largest absolute Gasteiger partial charge is 0.481 e. The Morgan fingerprint density at radius 3 is 2.30 bits per heavy atom. The van der Waals surface area contributed by atoms with E-state index in [0.29, 0.717) is 42.0 Å². The molecule has 9 rings (SSSR count). The van der Waals surface area contributed by atoms with E-state index in [0.717, 1.165) is 81.8 Å². The summed E-state index contributed by atoms with van der Waals surface area (Å²) in [6, 6.07) is 17.9. The molecule has 7 heterocycles. The van der Waals surface area contributed by atoms with Crippen LogP contribution in [-0.2, 0) is 4.79 Å². The standard InChI is InChI=1S/C35H40FN9O2/c36-28-20-25(6-7-29(28)43-18-12-26(13-19-43)42-14-10-24(11-15-42)33(46)47)38-35-40-34(37)45(41-35)30-21-27(22-4-2-1-3-5-22)32-31(39-30)23-8-16-44(32)17-9-23/h1-7,20-21,23-24,26H,8-19H2,(H,46,47)(H3,37,38,40,41). The van der Waals surface area contributed by atoms with Crippen molar-refractivity contribution < 1.29 is 14.3 Å². The minimum absolute atomic E-state index is 0.201. The zero-order valence-electron chi connectivity index (χ0n) is 26.4.